The highest BCUT2D eigenvalue weighted by molar-refractivity contribution is 6.24. The number of amides is 1. The highest BCUT2D eigenvalue weighted by atomic mass is 19.1. The number of halogens is 1. The molecule has 0 spiro atoms. The Labute approximate surface area is 151 Å². The molecule has 0 aromatic heterocycles. The Balaban J connectivity index is 1.96. The molecule has 6 heteroatoms. The molecular weight excluding hydrogens is 335 g/mol. The van der Waals surface area contributed by atoms with Crippen LogP contribution >= 0.6 is 0 Å². The van der Waals surface area contributed by atoms with E-state index in [-0.39, 0.29) is 12.2 Å². The maximum atomic E-state index is 13.8. The monoisotopic (exact) mass is 354 g/mol. The molecule has 134 valence electrons. The number of dihydropyridines is 1. The minimum Gasteiger partial charge on any atom is -0.462 e. The van der Waals surface area contributed by atoms with E-state index in [0.29, 0.717) is 18.0 Å². The number of ether oxygens (including phenoxy) is 1. The van der Waals surface area contributed by atoms with Crippen molar-refractivity contribution in [3.05, 3.63) is 70.7 Å². The van der Waals surface area contributed by atoms with Gasteiger partial charge in [-0.15, -0.1) is 0 Å². The van der Waals surface area contributed by atoms with Crippen LogP contribution < -0.4 is 5.32 Å². The molecule has 0 fully saturated rings. The third kappa shape index (κ3) is 3.64. The molecule has 1 atom stereocenters. The largest absolute Gasteiger partial charge is 0.462 e. The van der Waals surface area contributed by atoms with Gasteiger partial charge in [0.2, 0.25) is 0 Å². The van der Waals surface area contributed by atoms with Gasteiger partial charge in [-0.1, -0.05) is 29.8 Å². The number of fused-ring (bicyclic) bond motifs is 1. The Morgan fingerprint density at radius 2 is 2.00 bits per heavy atom. The van der Waals surface area contributed by atoms with E-state index in [1.807, 2.05) is 31.2 Å². The van der Waals surface area contributed by atoms with Crippen LogP contribution in [0.5, 0.6) is 0 Å². The average Bonchev–Trinajstić information content (AvgIpc) is 2.61. The van der Waals surface area contributed by atoms with Gasteiger partial charge in [-0.25, -0.2) is 14.2 Å². The maximum absolute atomic E-state index is 13.8. The summed E-state index contributed by atoms with van der Waals surface area (Å²) >= 11 is 0. The first-order valence-corrected chi connectivity index (χ1v) is 8.38. The summed E-state index contributed by atoms with van der Waals surface area (Å²) in [6, 6.07) is 7.84. The van der Waals surface area contributed by atoms with E-state index >= 15 is 0 Å². The first kappa shape index (κ1) is 17.8. The molecule has 1 aromatic carbocycles. The molecule has 1 heterocycles. The number of nitrogens with one attached hydrogen (secondary N) is 1. The van der Waals surface area contributed by atoms with Gasteiger partial charge in [0.25, 0.3) is 5.91 Å². The summed E-state index contributed by atoms with van der Waals surface area (Å²) in [5.74, 6) is -2.50. The van der Waals surface area contributed by atoms with Crippen molar-refractivity contribution < 1.29 is 18.7 Å². The normalized spacial score (nSPS) is 18.9. The Hall–Kier alpha value is -3.02. The summed E-state index contributed by atoms with van der Waals surface area (Å²) in [7, 11) is 0. The number of allylic oxidation sites excluding steroid dienone is 4. The van der Waals surface area contributed by atoms with Crippen molar-refractivity contribution >= 4 is 17.6 Å². The number of rotatable bonds is 5. The van der Waals surface area contributed by atoms with Crippen molar-refractivity contribution in [1.82, 2.24) is 5.32 Å². The van der Waals surface area contributed by atoms with E-state index in [4.69, 9.17) is 4.74 Å². The Morgan fingerprint density at radius 3 is 2.69 bits per heavy atom. The number of carbonyl (C=O) groups is 2. The number of aliphatic imine (C=N–C) groups is 1. The molecular formula is C20H19FN2O3. The number of hydrogen-bond acceptors (Lipinski definition) is 4. The Kier molecular flexibility index (Phi) is 5.11. The van der Waals surface area contributed by atoms with Crippen molar-refractivity contribution in [2.75, 3.05) is 6.61 Å². The topological polar surface area (TPSA) is 67.8 Å². The molecule has 2 aliphatic rings. The highest BCUT2D eigenvalue weighted by Gasteiger charge is 2.35. The minimum absolute atomic E-state index is 0.131. The first-order valence-electron chi connectivity index (χ1n) is 8.38. The molecule has 0 radical (unpaired) electrons. The SMILES string of the molecule is CCOC(=O)C1=C(NCc2ccc(C)cc2)C2C=C(F)C=CC2=NC1=O. The number of nitrogens with zero attached hydrogens (tertiary/aromatic N) is 1. The van der Waals surface area contributed by atoms with Crippen LogP contribution in [-0.2, 0) is 20.9 Å². The van der Waals surface area contributed by atoms with Gasteiger partial charge >= 0.3 is 5.97 Å². The van der Waals surface area contributed by atoms with E-state index in [2.05, 4.69) is 10.3 Å². The number of aryl methyl sites for hydroxylation is 1. The van der Waals surface area contributed by atoms with Crippen LogP contribution in [0.3, 0.4) is 0 Å². The molecule has 0 bridgehead atoms. The van der Waals surface area contributed by atoms with Gasteiger partial charge in [0.1, 0.15) is 11.4 Å². The molecule has 1 aliphatic heterocycles. The van der Waals surface area contributed by atoms with Crippen LogP contribution in [0.25, 0.3) is 0 Å². The second-order valence-electron chi connectivity index (χ2n) is 6.05. The van der Waals surface area contributed by atoms with Gasteiger partial charge in [0, 0.05) is 12.2 Å². The van der Waals surface area contributed by atoms with E-state index in [1.54, 1.807) is 6.92 Å². The smallest absolute Gasteiger partial charge is 0.345 e. The maximum Gasteiger partial charge on any atom is 0.345 e. The fraction of sp³-hybridized carbons (Fsp3) is 0.250. The first-order chi connectivity index (χ1) is 12.5. The third-order valence-corrected chi connectivity index (χ3v) is 4.17. The number of benzene rings is 1. The van der Waals surface area contributed by atoms with Crippen molar-refractivity contribution in [2.45, 2.75) is 20.4 Å². The number of esters is 1. The molecule has 1 N–H and O–H groups in total. The summed E-state index contributed by atoms with van der Waals surface area (Å²) in [6.07, 6.45) is 4.03. The van der Waals surface area contributed by atoms with Gasteiger partial charge in [-0.3, -0.25) is 4.79 Å². The van der Waals surface area contributed by atoms with E-state index < -0.39 is 23.6 Å². The average molecular weight is 354 g/mol. The number of hydrogen-bond donors (Lipinski definition) is 1. The van der Waals surface area contributed by atoms with Gasteiger partial charge in [0.05, 0.1) is 18.2 Å². The van der Waals surface area contributed by atoms with Crippen LogP contribution in [-0.4, -0.2) is 24.2 Å². The van der Waals surface area contributed by atoms with Gasteiger partial charge in [-0.05, 0) is 37.6 Å². The summed E-state index contributed by atoms with van der Waals surface area (Å²) in [5.41, 5.74) is 2.64. The van der Waals surface area contributed by atoms with Crippen molar-refractivity contribution in [3.8, 4) is 0 Å². The summed E-state index contributed by atoms with van der Waals surface area (Å²) in [4.78, 5) is 28.6. The molecule has 5 nitrogen and oxygen atoms in total. The van der Waals surface area contributed by atoms with Crippen molar-refractivity contribution in [3.63, 3.8) is 0 Å². The second-order valence-corrected chi connectivity index (χ2v) is 6.05. The fourth-order valence-electron chi connectivity index (χ4n) is 2.85. The zero-order chi connectivity index (χ0) is 18.7. The molecule has 0 saturated heterocycles. The summed E-state index contributed by atoms with van der Waals surface area (Å²) in [6.45, 7) is 4.16. The lowest BCUT2D eigenvalue weighted by Gasteiger charge is -2.26. The third-order valence-electron chi connectivity index (χ3n) is 4.17. The lowest BCUT2D eigenvalue weighted by molar-refractivity contribution is -0.140. The fourth-order valence-corrected chi connectivity index (χ4v) is 2.85. The van der Waals surface area contributed by atoms with Crippen molar-refractivity contribution in [1.29, 1.82) is 0 Å². The predicted molar refractivity (Wildman–Crippen MR) is 95.9 cm³/mol. The van der Waals surface area contributed by atoms with Crippen LogP contribution in [0.15, 0.2) is 64.6 Å². The Bertz CT molecular complexity index is 864. The van der Waals surface area contributed by atoms with E-state index in [0.717, 1.165) is 11.1 Å². The lowest BCUT2D eigenvalue weighted by Crippen LogP contribution is -2.35. The zero-order valence-electron chi connectivity index (χ0n) is 14.6. The van der Waals surface area contributed by atoms with Crippen LogP contribution in [0.2, 0.25) is 0 Å². The van der Waals surface area contributed by atoms with E-state index in [1.165, 1.54) is 18.2 Å². The van der Waals surface area contributed by atoms with Crippen LogP contribution in [0.1, 0.15) is 18.1 Å². The highest BCUT2D eigenvalue weighted by Crippen LogP contribution is 2.29. The zero-order valence-corrected chi connectivity index (χ0v) is 14.6. The van der Waals surface area contributed by atoms with Crippen LogP contribution in [0, 0.1) is 12.8 Å². The second kappa shape index (κ2) is 7.47. The molecule has 0 saturated carbocycles. The van der Waals surface area contributed by atoms with Gasteiger partial charge in [0.15, 0.2) is 0 Å². The molecule has 1 amide bonds. The van der Waals surface area contributed by atoms with Gasteiger partial charge in [-0.2, -0.15) is 0 Å². The number of carbonyl (C=O) groups excluding carboxylic acids is 2. The standard InChI is InChI=1S/C20H19FN2O3/c1-3-26-20(25)17-18(22-11-13-6-4-12(2)5-7-13)15-10-14(21)8-9-16(15)23-19(17)24/h4-10,15,22H,3,11H2,1-2H3. The molecule has 3 rings (SSSR count). The molecule has 1 aliphatic carbocycles. The molecule has 1 unspecified atom stereocenters. The summed E-state index contributed by atoms with van der Waals surface area (Å²) in [5, 5.41) is 3.13. The molecule has 1 aromatic rings. The predicted octanol–water partition coefficient (Wildman–Crippen LogP) is 2.92. The van der Waals surface area contributed by atoms with Gasteiger partial charge < -0.3 is 10.1 Å². The Morgan fingerprint density at radius 1 is 1.27 bits per heavy atom. The lowest BCUT2D eigenvalue weighted by atomic mass is 9.88. The minimum atomic E-state index is -0.755. The molecule has 26 heavy (non-hydrogen) atoms. The van der Waals surface area contributed by atoms with Crippen molar-refractivity contribution in [2.24, 2.45) is 10.9 Å². The summed E-state index contributed by atoms with van der Waals surface area (Å²) < 4.78 is 18.8. The quantitative estimate of drug-likeness (QED) is 0.652. The van der Waals surface area contributed by atoms with E-state index in [9.17, 15) is 14.0 Å². The van der Waals surface area contributed by atoms with Crippen LogP contribution in [0.4, 0.5) is 4.39 Å².